The number of nitrogens with one attached hydrogen (secondary N) is 1. The predicted octanol–water partition coefficient (Wildman–Crippen LogP) is 1.70. The minimum atomic E-state index is -0.0362. The maximum atomic E-state index is 12.4. The quantitative estimate of drug-likeness (QED) is 0.909. The molecule has 1 aromatic heterocycles. The zero-order chi connectivity index (χ0) is 14.7. The first-order valence-corrected chi connectivity index (χ1v) is 7.08. The first-order chi connectivity index (χ1) is 10.2. The summed E-state index contributed by atoms with van der Waals surface area (Å²) in [7, 11) is 0. The van der Waals surface area contributed by atoms with Crippen LogP contribution >= 0.6 is 0 Å². The molecule has 1 aliphatic heterocycles. The summed E-state index contributed by atoms with van der Waals surface area (Å²) in [6.07, 6.45) is 3.63. The van der Waals surface area contributed by atoms with Crippen LogP contribution in [0.25, 0.3) is 0 Å². The molecule has 1 aromatic carbocycles. The van der Waals surface area contributed by atoms with Gasteiger partial charge in [-0.1, -0.05) is 25.1 Å². The molecule has 0 aliphatic carbocycles. The summed E-state index contributed by atoms with van der Waals surface area (Å²) in [6, 6.07) is 9.52. The van der Waals surface area contributed by atoms with E-state index in [1.165, 1.54) is 0 Å². The van der Waals surface area contributed by atoms with Crippen LogP contribution in [-0.4, -0.2) is 35.4 Å². The molecule has 1 amide bonds. The molecule has 1 saturated heterocycles. The van der Waals surface area contributed by atoms with Gasteiger partial charge in [0.15, 0.2) is 0 Å². The van der Waals surface area contributed by atoms with E-state index in [2.05, 4.69) is 17.3 Å². The molecule has 5 heteroatoms. The van der Waals surface area contributed by atoms with Crippen molar-refractivity contribution >= 4 is 5.91 Å². The van der Waals surface area contributed by atoms with E-state index in [-0.39, 0.29) is 11.3 Å². The summed E-state index contributed by atoms with van der Waals surface area (Å²) in [5.74, 6) is -0.0362. The number of rotatable bonds is 5. The highest BCUT2D eigenvalue weighted by Crippen LogP contribution is 2.25. The van der Waals surface area contributed by atoms with Crippen molar-refractivity contribution in [3.8, 4) is 0 Å². The largest absolute Gasteiger partial charge is 0.380 e. The predicted molar refractivity (Wildman–Crippen MR) is 79.0 cm³/mol. The highest BCUT2D eigenvalue weighted by atomic mass is 16.5. The van der Waals surface area contributed by atoms with Crippen molar-refractivity contribution in [3.63, 3.8) is 0 Å². The molecule has 0 unspecified atom stereocenters. The van der Waals surface area contributed by atoms with Crippen molar-refractivity contribution in [1.29, 1.82) is 0 Å². The van der Waals surface area contributed by atoms with Gasteiger partial charge < -0.3 is 10.1 Å². The smallest absolute Gasteiger partial charge is 0.251 e. The van der Waals surface area contributed by atoms with Gasteiger partial charge in [0.1, 0.15) is 0 Å². The second-order valence-electron chi connectivity index (χ2n) is 5.85. The van der Waals surface area contributed by atoms with Gasteiger partial charge in [-0.15, -0.1) is 0 Å². The van der Waals surface area contributed by atoms with Crippen LogP contribution in [0.1, 0.15) is 22.8 Å². The molecule has 5 nitrogen and oxygen atoms in total. The van der Waals surface area contributed by atoms with E-state index in [0.717, 1.165) is 5.56 Å². The fraction of sp³-hybridized carbons (Fsp3) is 0.375. The maximum Gasteiger partial charge on any atom is 0.251 e. The third-order valence-electron chi connectivity index (χ3n) is 3.73. The lowest BCUT2D eigenvalue weighted by Gasteiger charge is -2.38. The van der Waals surface area contributed by atoms with Crippen molar-refractivity contribution in [1.82, 2.24) is 15.1 Å². The molecule has 0 spiro atoms. The Bertz CT molecular complexity index is 618. The van der Waals surface area contributed by atoms with Crippen molar-refractivity contribution in [2.45, 2.75) is 13.5 Å². The van der Waals surface area contributed by atoms with Crippen molar-refractivity contribution in [3.05, 3.63) is 53.9 Å². The van der Waals surface area contributed by atoms with Crippen LogP contribution in [0.4, 0.5) is 0 Å². The standard InChI is InChI=1S/C16H19N3O2/c1-16(11-21-12-16)10-17-15(20)14-6-3-2-5-13(14)9-19-8-4-7-18-19/h2-8H,9-12H2,1H3,(H,17,20). The fourth-order valence-corrected chi connectivity index (χ4v) is 2.39. The van der Waals surface area contributed by atoms with Crippen molar-refractivity contribution in [2.24, 2.45) is 5.41 Å². The molecule has 2 heterocycles. The molecular formula is C16H19N3O2. The number of carbonyl (C=O) groups excluding carboxylic acids is 1. The Labute approximate surface area is 123 Å². The first kappa shape index (κ1) is 13.8. The number of aromatic nitrogens is 2. The van der Waals surface area contributed by atoms with E-state index in [1.807, 2.05) is 41.2 Å². The average Bonchev–Trinajstić information content (AvgIpc) is 2.96. The van der Waals surface area contributed by atoms with Crippen molar-refractivity contribution in [2.75, 3.05) is 19.8 Å². The Morgan fingerprint density at radius 1 is 1.38 bits per heavy atom. The van der Waals surface area contributed by atoms with E-state index >= 15 is 0 Å². The summed E-state index contributed by atoms with van der Waals surface area (Å²) < 4.78 is 7.02. The van der Waals surface area contributed by atoms with Gasteiger partial charge in [0.2, 0.25) is 0 Å². The number of amides is 1. The number of carbonyl (C=O) groups is 1. The highest BCUT2D eigenvalue weighted by Gasteiger charge is 2.33. The summed E-state index contributed by atoms with van der Waals surface area (Å²) in [4.78, 5) is 12.4. The van der Waals surface area contributed by atoms with Crippen LogP contribution in [0.2, 0.25) is 0 Å². The second kappa shape index (κ2) is 5.69. The van der Waals surface area contributed by atoms with E-state index in [1.54, 1.807) is 6.20 Å². The van der Waals surface area contributed by atoms with Gasteiger partial charge >= 0.3 is 0 Å². The van der Waals surface area contributed by atoms with Crippen LogP contribution < -0.4 is 5.32 Å². The van der Waals surface area contributed by atoms with Gasteiger partial charge in [0, 0.05) is 29.9 Å². The Balaban J connectivity index is 1.70. The lowest BCUT2D eigenvalue weighted by molar-refractivity contribution is -0.0978. The Morgan fingerprint density at radius 2 is 2.19 bits per heavy atom. The zero-order valence-corrected chi connectivity index (χ0v) is 12.1. The average molecular weight is 285 g/mol. The Morgan fingerprint density at radius 3 is 2.86 bits per heavy atom. The molecule has 1 aliphatic rings. The Hall–Kier alpha value is -2.14. The van der Waals surface area contributed by atoms with Gasteiger partial charge in [0.25, 0.3) is 5.91 Å². The molecule has 21 heavy (non-hydrogen) atoms. The number of ether oxygens (including phenoxy) is 1. The highest BCUT2D eigenvalue weighted by molar-refractivity contribution is 5.95. The molecular weight excluding hydrogens is 266 g/mol. The van der Waals surface area contributed by atoms with Crippen molar-refractivity contribution < 1.29 is 9.53 Å². The second-order valence-corrected chi connectivity index (χ2v) is 5.85. The van der Waals surface area contributed by atoms with Crippen LogP contribution in [0.5, 0.6) is 0 Å². The lowest BCUT2D eigenvalue weighted by atomic mass is 9.88. The summed E-state index contributed by atoms with van der Waals surface area (Å²) in [6.45, 7) is 4.77. The maximum absolute atomic E-state index is 12.4. The lowest BCUT2D eigenvalue weighted by Crippen LogP contribution is -2.48. The van der Waals surface area contributed by atoms with E-state index in [4.69, 9.17) is 4.74 Å². The van der Waals surface area contributed by atoms with Crippen LogP contribution in [0, 0.1) is 5.41 Å². The summed E-state index contributed by atoms with van der Waals surface area (Å²) >= 11 is 0. The number of hydrogen-bond acceptors (Lipinski definition) is 3. The number of benzene rings is 1. The van der Waals surface area contributed by atoms with Gasteiger partial charge in [-0.2, -0.15) is 5.10 Å². The molecule has 2 aromatic rings. The van der Waals surface area contributed by atoms with Gasteiger partial charge in [-0.3, -0.25) is 9.48 Å². The van der Waals surface area contributed by atoms with E-state index in [9.17, 15) is 4.79 Å². The first-order valence-electron chi connectivity index (χ1n) is 7.08. The van der Waals surface area contributed by atoms with Crippen LogP contribution in [0.15, 0.2) is 42.7 Å². The third-order valence-corrected chi connectivity index (χ3v) is 3.73. The minimum Gasteiger partial charge on any atom is -0.380 e. The van der Waals surface area contributed by atoms with Gasteiger partial charge in [-0.05, 0) is 17.7 Å². The number of hydrogen-bond donors (Lipinski definition) is 1. The topological polar surface area (TPSA) is 56.2 Å². The third kappa shape index (κ3) is 3.13. The molecule has 0 saturated carbocycles. The van der Waals surface area contributed by atoms with Crippen LogP contribution in [0.3, 0.4) is 0 Å². The molecule has 1 fully saturated rings. The summed E-state index contributed by atoms with van der Waals surface area (Å²) in [5.41, 5.74) is 1.75. The SMILES string of the molecule is CC1(CNC(=O)c2ccccc2Cn2cccn2)COC1. The molecule has 0 bridgehead atoms. The fourth-order valence-electron chi connectivity index (χ4n) is 2.39. The number of nitrogens with zero attached hydrogens (tertiary/aromatic N) is 2. The molecule has 0 atom stereocenters. The zero-order valence-electron chi connectivity index (χ0n) is 12.1. The van der Waals surface area contributed by atoms with E-state index in [0.29, 0.717) is 31.9 Å². The Kier molecular flexibility index (Phi) is 3.75. The normalized spacial score (nSPS) is 16.2. The van der Waals surface area contributed by atoms with Gasteiger partial charge in [0.05, 0.1) is 19.8 Å². The van der Waals surface area contributed by atoms with Gasteiger partial charge in [-0.25, -0.2) is 0 Å². The molecule has 110 valence electrons. The van der Waals surface area contributed by atoms with Crippen LogP contribution in [-0.2, 0) is 11.3 Å². The summed E-state index contributed by atoms with van der Waals surface area (Å²) in [5, 5.41) is 7.20. The van der Waals surface area contributed by atoms with E-state index < -0.39 is 0 Å². The monoisotopic (exact) mass is 285 g/mol. The molecule has 0 radical (unpaired) electrons. The molecule has 3 rings (SSSR count). The molecule has 1 N–H and O–H groups in total. The minimum absolute atomic E-state index is 0.0362.